The summed E-state index contributed by atoms with van der Waals surface area (Å²) < 4.78 is 6.32. The lowest BCUT2D eigenvalue weighted by Gasteiger charge is -2.40. The van der Waals surface area contributed by atoms with Crippen molar-refractivity contribution in [1.82, 2.24) is 15.1 Å². The summed E-state index contributed by atoms with van der Waals surface area (Å²) in [6.45, 7) is 5.29. The van der Waals surface area contributed by atoms with Crippen LogP contribution in [0.2, 0.25) is 0 Å². The molecule has 218 valence electrons. The molecule has 1 heterocycles. The van der Waals surface area contributed by atoms with E-state index in [1.165, 1.54) is 4.90 Å². The van der Waals surface area contributed by atoms with Gasteiger partial charge in [-0.3, -0.25) is 19.2 Å². The van der Waals surface area contributed by atoms with E-state index in [-0.39, 0.29) is 13.2 Å². The number of nitrogens with one attached hydrogen (secondary N) is 2. The first-order valence-electron chi connectivity index (χ1n) is 13.6. The molecule has 0 spiro atoms. The summed E-state index contributed by atoms with van der Waals surface area (Å²) >= 11 is 0. The van der Waals surface area contributed by atoms with Gasteiger partial charge in [0.25, 0.3) is 0 Å². The second kappa shape index (κ2) is 12.6. The Balaban J connectivity index is 1.85. The van der Waals surface area contributed by atoms with Gasteiger partial charge in [-0.1, -0.05) is 91.0 Å². The van der Waals surface area contributed by atoms with E-state index in [0.717, 1.165) is 16.7 Å². The van der Waals surface area contributed by atoms with Crippen molar-refractivity contribution in [3.05, 3.63) is 114 Å². The zero-order chi connectivity index (χ0) is 30.3. The molecule has 0 unspecified atom stereocenters. The topological polar surface area (TPSA) is 132 Å². The first kappa shape index (κ1) is 29.9. The Kier molecular flexibility index (Phi) is 8.95. The normalized spacial score (nSPS) is 11.4. The van der Waals surface area contributed by atoms with Crippen LogP contribution in [0.4, 0.5) is 16.3 Å². The maximum absolute atomic E-state index is 13.7. The van der Waals surface area contributed by atoms with Crippen molar-refractivity contribution in [3.8, 4) is 0 Å². The first-order chi connectivity index (χ1) is 20.1. The van der Waals surface area contributed by atoms with Crippen molar-refractivity contribution in [1.29, 1.82) is 0 Å². The third-order valence-electron chi connectivity index (χ3n) is 6.79. The van der Waals surface area contributed by atoms with Gasteiger partial charge in [0.1, 0.15) is 23.7 Å². The molecule has 3 aromatic carbocycles. The Morgan fingerprint density at radius 1 is 0.857 bits per heavy atom. The van der Waals surface area contributed by atoms with Crippen molar-refractivity contribution < 1.29 is 19.1 Å². The predicted molar refractivity (Wildman–Crippen MR) is 162 cm³/mol. The Labute approximate surface area is 245 Å². The fourth-order valence-electron chi connectivity index (χ4n) is 4.96. The van der Waals surface area contributed by atoms with Crippen molar-refractivity contribution in [2.24, 2.45) is 12.8 Å². The molecule has 0 aliphatic rings. The van der Waals surface area contributed by atoms with E-state index in [0.29, 0.717) is 11.5 Å². The fraction of sp³-hybridized carbons (Fsp3) is 0.250. The molecule has 0 radical (unpaired) electrons. The third-order valence-corrected chi connectivity index (χ3v) is 6.79. The van der Waals surface area contributed by atoms with Gasteiger partial charge in [0.15, 0.2) is 0 Å². The van der Waals surface area contributed by atoms with Gasteiger partial charge in [0, 0.05) is 12.6 Å². The van der Waals surface area contributed by atoms with Crippen molar-refractivity contribution in [3.63, 3.8) is 0 Å². The van der Waals surface area contributed by atoms with Gasteiger partial charge in [0.2, 0.25) is 0 Å². The van der Waals surface area contributed by atoms with Crippen LogP contribution in [0.1, 0.15) is 37.5 Å². The molecule has 10 nitrogen and oxygen atoms in total. The number of aryl methyl sites for hydroxylation is 1. The molecule has 42 heavy (non-hydrogen) atoms. The van der Waals surface area contributed by atoms with E-state index in [4.69, 9.17) is 5.73 Å². The van der Waals surface area contributed by atoms with Crippen molar-refractivity contribution in [2.45, 2.75) is 31.8 Å². The average Bonchev–Trinajstić information content (AvgIpc) is 3.33. The van der Waals surface area contributed by atoms with Crippen LogP contribution in [0.15, 0.2) is 97.2 Å². The number of primary amides is 1. The predicted octanol–water partition coefficient (Wildman–Crippen LogP) is 4.17. The summed E-state index contributed by atoms with van der Waals surface area (Å²) in [5.41, 5.74) is 6.60. The number of ether oxygens (including phenoxy) is 1. The first-order valence-corrected chi connectivity index (χ1v) is 13.6. The van der Waals surface area contributed by atoms with E-state index in [1.807, 2.05) is 75.4 Å². The number of amides is 3. The lowest BCUT2D eigenvalue weighted by Crippen LogP contribution is -2.52. The minimum Gasteiger partial charge on any atom is -0.448 e. The number of rotatable bonds is 9. The Bertz CT molecular complexity index is 1420. The van der Waals surface area contributed by atoms with Gasteiger partial charge in [-0.2, -0.15) is 5.10 Å². The summed E-state index contributed by atoms with van der Waals surface area (Å²) in [4.78, 5) is 38.9. The number of carbonyl (C=O) groups excluding carboxylic acids is 3. The van der Waals surface area contributed by atoms with E-state index in [9.17, 15) is 14.4 Å². The van der Waals surface area contributed by atoms with E-state index >= 15 is 0 Å². The Morgan fingerprint density at radius 3 is 1.76 bits per heavy atom. The monoisotopic (exact) mass is 568 g/mol. The third kappa shape index (κ3) is 6.27. The zero-order valence-electron chi connectivity index (χ0n) is 24.2. The number of hydrogen-bond donors (Lipinski definition) is 3. The molecular formula is C32H36N6O4. The Hall–Kier alpha value is -5.12. The average molecular weight is 569 g/mol. The smallest absolute Gasteiger partial charge is 0.404 e. The highest BCUT2D eigenvalue weighted by molar-refractivity contribution is 6.41. The van der Waals surface area contributed by atoms with E-state index in [1.54, 1.807) is 17.9 Å². The summed E-state index contributed by atoms with van der Waals surface area (Å²) in [6, 6.07) is 30.1. The molecule has 1 aromatic heterocycles. The van der Waals surface area contributed by atoms with Crippen LogP contribution in [0, 0.1) is 0 Å². The number of nitrogens with zero attached hydrogens (tertiary/aromatic N) is 3. The van der Waals surface area contributed by atoms with E-state index < -0.39 is 29.0 Å². The second-order valence-electron chi connectivity index (χ2n) is 10.7. The molecule has 4 aromatic rings. The molecule has 3 amide bonds. The quantitative estimate of drug-likeness (QED) is 0.158. The van der Waals surface area contributed by atoms with Gasteiger partial charge in [-0.15, -0.1) is 0 Å². The van der Waals surface area contributed by atoms with Crippen LogP contribution < -0.4 is 21.3 Å². The summed E-state index contributed by atoms with van der Waals surface area (Å²) in [5, 5.41) is 10.8. The molecule has 0 saturated carbocycles. The summed E-state index contributed by atoms with van der Waals surface area (Å²) in [6.07, 6.45) is 0.609. The highest BCUT2D eigenvalue weighted by atomic mass is 16.5. The van der Waals surface area contributed by atoms with Crippen molar-refractivity contribution in [2.75, 3.05) is 23.4 Å². The minimum atomic E-state index is -0.961. The van der Waals surface area contributed by atoms with Crippen LogP contribution in [-0.4, -0.2) is 46.4 Å². The molecule has 0 fully saturated rings. The van der Waals surface area contributed by atoms with Gasteiger partial charge >= 0.3 is 17.9 Å². The number of anilines is 2. The van der Waals surface area contributed by atoms with Crippen LogP contribution >= 0.6 is 0 Å². The maximum atomic E-state index is 13.7. The van der Waals surface area contributed by atoms with Crippen molar-refractivity contribution >= 4 is 29.4 Å². The number of nitrogens with two attached hydrogens (primary N) is 1. The maximum Gasteiger partial charge on any atom is 0.404 e. The SMILES string of the molecule is Cn1ncc(N(C(=O)C(=O)NCCOC(N)=O)C(C)(C)C)c1NC(c1ccccc1)(c1ccccc1)c1ccccc1. The summed E-state index contributed by atoms with van der Waals surface area (Å²) in [7, 11) is 1.78. The van der Waals surface area contributed by atoms with Gasteiger partial charge in [-0.25, -0.2) is 4.79 Å². The lowest BCUT2D eigenvalue weighted by atomic mass is 9.77. The summed E-state index contributed by atoms with van der Waals surface area (Å²) in [5.74, 6) is -1.12. The highest BCUT2D eigenvalue weighted by Gasteiger charge is 2.41. The zero-order valence-corrected chi connectivity index (χ0v) is 24.2. The molecule has 10 heteroatoms. The van der Waals surface area contributed by atoms with Gasteiger partial charge < -0.3 is 21.1 Å². The minimum absolute atomic E-state index is 0.0667. The van der Waals surface area contributed by atoms with Crippen LogP contribution in [0.25, 0.3) is 0 Å². The number of carbonyl (C=O) groups is 3. The van der Waals surface area contributed by atoms with Crippen LogP contribution in [-0.2, 0) is 26.9 Å². The molecule has 4 rings (SSSR count). The lowest BCUT2D eigenvalue weighted by molar-refractivity contribution is -0.138. The number of hydrogen-bond acceptors (Lipinski definition) is 6. The van der Waals surface area contributed by atoms with Crippen LogP contribution in [0.3, 0.4) is 0 Å². The standard InChI is InChI=1S/C32H36N6O4/c1-31(2,3)38(29(40)28(39)34-20-21-42-30(33)41)26-22-35-37(4)27(26)36-32(23-14-8-5-9-15-23,24-16-10-6-11-17-24)25-18-12-7-13-19-25/h5-19,22,36H,20-21H2,1-4H3,(H2,33,41)(H,34,39). The van der Waals surface area contributed by atoms with E-state index in [2.05, 4.69) is 56.9 Å². The molecule has 0 atom stereocenters. The van der Waals surface area contributed by atoms with Crippen LogP contribution in [0.5, 0.6) is 0 Å². The van der Waals surface area contributed by atoms with Gasteiger partial charge in [-0.05, 0) is 37.5 Å². The molecule has 0 saturated heterocycles. The fourth-order valence-corrected chi connectivity index (χ4v) is 4.96. The Morgan fingerprint density at radius 2 is 1.33 bits per heavy atom. The molecule has 0 aliphatic carbocycles. The molecular weight excluding hydrogens is 532 g/mol. The number of benzene rings is 3. The highest BCUT2D eigenvalue weighted by Crippen LogP contribution is 2.42. The molecule has 0 aliphatic heterocycles. The number of aromatic nitrogens is 2. The second-order valence-corrected chi connectivity index (χ2v) is 10.7. The largest absolute Gasteiger partial charge is 0.448 e. The van der Waals surface area contributed by atoms with Gasteiger partial charge in [0.05, 0.1) is 12.7 Å². The molecule has 0 bridgehead atoms. The molecule has 4 N–H and O–H groups in total.